The maximum absolute atomic E-state index is 6.43. The highest BCUT2D eigenvalue weighted by Crippen LogP contribution is 2.42. The van der Waals surface area contributed by atoms with E-state index < -0.39 is 0 Å². The molecule has 0 N–H and O–H groups in total. The fraction of sp³-hybridized carbons (Fsp3) is 0. The van der Waals surface area contributed by atoms with Gasteiger partial charge in [-0.05, 0) is 53.2 Å². The van der Waals surface area contributed by atoms with Crippen LogP contribution in [0.1, 0.15) is 0 Å². The second kappa shape index (κ2) is 9.75. The summed E-state index contributed by atoms with van der Waals surface area (Å²) in [4.78, 5) is 15.0. The van der Waals surface area contributed by atoms with Crippen LogP contribution in [0, 0.1) is 0 Å². The van der Waals surface area contributed by atoms with Gasteiger partial charge in [0.1, 0.15) is 16.7 Å². The molecule has 0 unspecified atom stereocenters. The van der Waals surface area contributed by atoms with Gasteiger partial charge in [0.15, 0.2) is 11.4 Å². The van der Waals surface area contributed by atoms with Crippen molar-refractivity contribution < 1.29 is 8.83 Å². The van der Waals surface area contributed by atoms with Crippen LogP contribution in [0.2, 0.25) is 0 Å². The first kappa shape index (κ1) is 24.5. The Hall–Kier alpha value is -6.07. The van der Waals surface area contributed by atoms with Gasteiger partial charge in [0.05, 0.1) is 16.8 Å². The minimum atomic E-state index is 0.586. The SMILES string of the molecule is c1ccc(-c2cc(-c3ccccc3)nc(-c3cccc4c3ccc3oc5ccc6nc(-c7ccccc7)oc6c5c34)n2)cc1. The number of oxazole rings is 1. The molecule has 0 aliphatic carbocycles. The van der Waals surface area contributed by atoms with Crippen molar-refractivity contribution in [3.8, 4) is 45.4 Å². The molecule has 9 rings (SSSR count). The fourth-order valence-electron chi connectivity index (χ4n) is 6.08. The third kappa shape index (κ3) is 3.91. The van der Waals surface area contributed by atoms with Gasteiger partial charge in [-0.3, -0.25) is 0 Å². The van der Waals surface area contributed by atoms with Gasteiger partial charge in [-0.15, -0.1) is 0 Å². The third-order valence-corrected chi connectivity index (χ3v) is 8.14. The lowest BCUT2D eigenvalue weighted by atomic mass is 9.98. The standard InChI is InChI=1S/C39H23N3O2/c1-4-11-24(12-5-1)31-23-32(25-13-6-2-7-14-25)41-38(40-31)29-18-10-17-28-27(29)19-21-33-35(28)36-34(43-33)22-20-30-37(36)44-39(42-30)26-15-8-3-9-16-26/h1-23H. The normalized spacial score (nSPS) is 11.6. The lowest BCUT2D eigenvalue weighted by Gasteiger charge is -2.11. The van der Waals surface area contributed by atoms with E-state index in [0.717, 1.165) is 71.9 Å². The summed E-state index contributed by atoms with van der Waals surface area (Å²) in [5.41, 5.74) is 8.76. The van der Waals surface area contributed by atoms with Gasteiger partial charge in [0.2, 0.25) is 5.89 Å². The molecule has 0 aliphatic heterocycles. The summed E-state index contributed by atoms with van der Waals surface area (Å²) >= 11 is 0. The lowest BCUT2D eigenvalue weighted by molar-refractivity contribution is 0.622. The molecule has 0 saturated carbocycles. The average molecular weight is 566 g/mol. The average Bonchev–Trinajstić information content (AvgIpc) is 3.71. The molecular formula is C39H23N3O2. The van der Waals surface area contributed by atoms with E-state index in [4.69, 9.17) is 23.8 Å². The van der Waals surface area contributed by atoms with Gasteiger partial charge in [0.25, 0.3) is 0 Å². The van der Waals surface area contributed by atoms with E-state index in [1.807, 2.05) is 84.9 Å². The number of rotatable bonds is 4. The highest BCUT2D eigenvalue weighted by Gasteiger charge is 2.20. The first-order valence-corrected chi connectivity index (χ1v) is 14.5. The zero-order valence-electron chi connectivity index (χ0n) is 23.4. The van der Waals surface area contributed by atoms with Gasteiger partial charge < -0.3 is 8.83 Å². The maximum Gasteiger partial charge on any atom is 0.227 e. The number of hydrogen-bond donors (Lipinski definition) is 0. The molecule has 206 valence electrons. The van der Waals surface area contributed by atoms with E-state index in [1.165, 1.54) is 0 Å². The predicted octanol–water partition coefficient (Wildman–Crippen LogP) is 10.3. The number of fused-ring (bicyclic) bond motifs is 7. The van der Waals surface area contributed by atoms with E-state index in [1.54, 1.807) is 0 Å². The van der Waals surface area contributed by atoms with Crippen LogP contribution in [0.15, 0.2) is 148 Å². The highest BCUT2D eigenvalue weighted by molar-refractivity contribution is 6.26. The van der Waals surface area contributed by atoms with Crippen molar-refractivity contribution in [1.29, 1.82) is 0 Å². The van der Waals surface area contributed by atoms with E-state index in [2.05, 4.69) is 54.6 Å². The number of furan rings is 1. The molecule has 5 nitrogen and oxygen atoms in total. The van der Waals surface area contributed by atoms with Crippen molar-refractivity contribution in [2.45, 2.75) is 0 Å². The van der Waals surface area contributed by atoms with E-state index >= 15 is 0 Å². The van der Waals surface area contributed by atoms with Crippen LogP contribution < -0.4 is 0 Å². The summed E-state index contributed by atoms with van der Waals surface area (Å²) in [5.74, 6) is 1.25. The molecule has 44 heavy (non-hydrogen) atoms. The largest absolute Gasteiger partial charge is 0.456 e. The second-order valence-electron chi connectivity index (χ2n) is 10.8. The number of aromatic nitrogens is 3. The molecule has 3 aromatic heterocycles. The van der Waals surface area contributed by atoms with E-state index in [-0.39, 0.29) is 0 Å². The first-order valence-electron chi connectivity index (χ1n) is 14.5. The lowest BCUT2D eigenvalue weighted by Crippen LogP contribution is -1.96. The van der Waals surface area contributed by atoms with Gasteiger partial charge >= 0.3 is 0 Å². The Morgan fingerprint density at radius 2 is 1.05 bits per heavy atom. The molecular weight excluding hydrogens is 542 g/mol. The Morgan fingerprint density at radius 1 is 0.432 bits per heavy atom. The second-order valence-corrected chi connectivity index (χ2v) is 10.8. The molecule has 0 saturated heterocycles. The molecule has 0 amide bonds. The van der Waals surface area contributed by atoms with Gasteiger partial charge in [-0.25, -0.2) is 15.0 Å². The molecule has 5 heteroatoms. The zero-order valence-corrected chi connectivity index (χ0v) is 23.4. The molecule has 0 aliphatic rings. The number of benzene rings is 6. The van der Waals surface area contributed by atoms with Crippen molar-refractivity contribution in [2.75, 3.05) is 0 Å². The number of hydrogen-bond acceptors (Lipinski definition) is 5. The van der Waals surface area contributed by atoms with Crippen LogP contribution in [0.25, 0.3) is 89.2 Å². The van der Waals surface area contributed by atoms with Crippen molar-refractivity contribution in [3.05, 3.63) is 140 Å². The van der Waals surface area contributed by atoms with Crippen LogP contribution >= 0.6 is 0 Å². The monoisotopic (exact) mass is 565 g/mol. The van der Waals surface area contributed by atoms with Crippen LogP contribution in [0.3, 0.4) is 0 Å². The Morgan fingerprint density at radius 3 is 1.73 bits per heavy atom. The van der Waals surface area contributed by atoms with Crippen LogP contribution in [0.4, 0.5) is 0 Å². The van der Waals surface area contributed by atoms with Crippen molar-refractivity contribution in [3.63, 3.8) is 0 Å². The predicted molar refractivity (Wildman–Crippen MR) is 176 cm³/mol. The summed E-state index contributed by atoms with van der Waals surface area (Å²) in [5, 5.41) is 3.98. The molecule has 0 fully saturated rings. The minimum absolute atomic E-state index is 0.586. The molecule has 9 aromatic rings. The minimum Gasteiger partial charge on any atom is -0.456 e. The quantitative estimate of drug-likeness (QED) is 0.212. The van der Waals surface area contributed by atoms with Crippen molar-refractivity contribution >= 4 is 43.8 Å². The fourth-order valence-corrected chi connectivity index (χ4v) is 6.08. The first-order chi connectivity index (χ1) is 21.8. The van der Waals surface area contributed by atoms with Crippen molar-refractivity contribution in [1.82, 2.24) is 15.0 Å². The molecule has 0 spiro atoms. The third-order valence-electron chi connectivity index (χ3n) is 8.14. The van der Waals surface area contributed by atoms with Gasteiger partial charge in [-0.2, -0.15) is 0 Å². The summed E-state index contributed by atoms with van der Waals surface area (Å²) in [6.07, 6.45) is 0. The topological polar surface area (TPSA) is 65.0 Å². The van der Waals surface area contributed by atoms with Crippen LogP contribution in [-0.4, -0.2) is 15.0 Å². The summed E-state index contributed by atoms with van der Waals surface area (Å²) in [7, 11) is 0. The van der Waals surface area contributed by atoms with Crippen LogP contribution in [0.5, 0.6) is 0 Å². The highest BCUT2D eigenvalue weighted by atomic mass is 16.4. The van der Waals surface area contributed by atoms with Gasteiger partial charge in [0, 0.05) is 27.6 Å². The Kier molecular flexibility index (Phi) is 5.43. The van der Waals surface area contributed by atoms with E-state index in [0.29, 0.717) is 17.3 Å². The molecule has 0 radical (unpaired) electrons. The van der Waals surface area contributed by atoms with Crippen LogP contribution in [-0.2, 0) is 0 Å². The summed E-state index contributed by atoms with van der Waals surface area (Å²) in [6.45, 7) is 0. The molecule has 3 heterocycles. The Balaban J connectivity index is 1.31. The smallest absolute Gasteiger partial charge is 0.227 e. The Labute approximate surface area is 252 Å². The van der Waals surface area contributed by atoms with Crippen molar-refractivity contribution in [2.24, 2.45) is 0 Å². The summed E-state index contributed by atoms with van der Waals surface area (Å²) in [6, 6.07) is 46.9. The summed E-state index contributed by atoms with van der Waals surface area (Å²) < 4.78 is 12.8. The molecule has 6 aromatic carbocycles. The maximum atomic E-state index is 6.43. The van der Waals surface area contributed by atoms with E-state index in [9.17, 15) is 0 Å². The molecule has 0 atom stereocenters. The Bertz CT molecular complexity index is 2420. The zero-order chi connectivity index (χ0) is 29.0. The van der Waals surface area contributed by atoms with Gasteiger partial charge in [-0.1, -0.05) is 97.1 Å². The molecule has 0 bridgehead atoms. The number of nitrogens with zero attached hydrogens (tertiary/aromatic N) is 3.